The molecule has 0 bridgehead atoms. The molecule has 3 amide bonds. The molecule has 220 valence electrons. The zero-order valence-electron chi connectivity index (χ0n) is 24.4. The number of amides is 3. The number of nitrogens with zero attached hydrogens (tertiary/aromatic N) is 4. The van der Waals surface area contributed by atoms with Crippen LogP contribution >= 0.6 is 0 Å². The highest BCUT2D eigenvalue weighted by Crippen LogP contribution is 2.28. The zero-order chi connectivity index (χ0) is 29.1. The Bertz CT molecular complexity index is 1250. The molecule has 0 aromatic heterocycles. The van der Waals surface area contributed by atoms with Gasteiger partial charge in [0.1, 0.15) is 11.6 Å². The standard InChI is InChI=1S/C31H41N5O5/c1-31(2,3)41-28(38)21-34-13-10-24(11-14-34)35-17-15-33(16-18-35)12-4-5-22-6-7-25-23(19-22)20-36(30(25)40)26-8-9-27(37)32-29(26)39/h6-7,19,24,26H,8-18,20-21H2,1-3H3,(H,32,37,39). The van der Waals surface area contributed by atoms with E-state index >= 15 is 0 Å². The molecule has 10 heteroatoms. The fraction of sp³-hybridized carbons (Fsp3) is 0.613. The second kappa shape index (κ2) is 12.3. The van der Waals surface area contributed by atoms with Gasteiger partial charge in [-0.15, -0.1) is 0 Å². The first-order chi connectivity index (χ1) is 19.6. The van der Waals surface area contributed by atoms with Crippen molar-refractivity contribution in [2.45, 2.75) is 70.7 Å². The van der Waals surface area contributed by atoms with Crippen LogP contribution in [0.25, 0.3) is 0 Å². The molecule has 10 nitrogen and oxygen atoms in total. The van der Waals surface area contributed by atoms with Crippen molar-refractivity contribution < 1.29 is 23.9 Å². The molecule has 0 aliphatic carbocycles. The number of carbonyl (C=O) groups excluding carboxylic acids is 4. The number of fused-ring (bicyclic) bond motifs is 1. The van der Waals surface area contributed by atoms with E-state index in [9.17, 15) is 19.2 Å². The molecule has 1 N–H and O–H groups in total. The molecule has 3 fully saturated rings. The van der Waals surface area contributed by atoms with Crippen molar-refractivity contribution in [3.05, 3.63) is 34.9 Å². The number of esters is 1. The van der Waals surface area contributed by atoms with Gasteiger partial charge in [0.2, 0.25) is 11.8 Å². The molecule has 3 saturated heterocycles. The van der Waals surface area contributed by atoms with E-state index in [0.717, 1.165) is 63.2 Å². The number of piperidine rings is 2. The first-order valence-corrected chi connectivity index (χ1v) is 14.7. The van der Waals surface area contributed by atoms with Gasteiger partial charge in [0.25, 0.3) is 5.91 Å². The lowest BCUT2D eigenvalue weighted by Gasteiger charge is -2.42. The molecule has 1 atom stereocenters. The van der Waals surface area contributed by atoms with E-state index in [1.807, 2.05) is 32.9 Å². The van der Waals surface area contributed by atoms with Gasteiger partial charge >= 0.3 is 5.97 Å². The van der Waals surface area contributed by atoms with Crippen molar-refractivity contribution in [2.75, 3.05) is 52.4 Å². The maximum atomic E-state index is 12.9. The molecule has 4 aliphatic heterocycles. The topological polar surface area (TPSA) is 102 Å². The number of hydrogen-bond donors (Lipinski definition) is 1. The number of imide groups is 1. The number of benzene rings is 1. The summed E-state index contributed by atoms with van der Waals surface area (Å²) >= 11 is 0. The monoisotopic (exact) mass is 563 g/mol. The van der Waals surface area contributed by atoms with Crippen molar-refractivity contribution in [3.63, 3.8) is 0 Å². The first kappa shape index (κ1) is 29.2. The minimum atomic E-state index is -0.606. The van der Waals surface area contributed by atoms with Crippen LogP contribution in [0.15, 0.2) is 18.2 Å². The van der Waals surface area contributed by atoms with Gasteiger partial charge in [0.15, 0.2) is 0 Å². The lowest BCUT2D eigenvalue weighted by Crippen LogP contribution is -2.53. The average molecular weight is 564 g/mol. The van der Waals surface area contributed by atoms with Gasteiger partial charge in [0, 0.05) is 69.4 Å². The molecular weight excluding hydrogens is 522 g/mol. The van der Waals surface area contributed by atoms with E-state index in [2.05, 4.69) is 31.9 Å². The van der Waals surface area contributed by atoms with E-state index < -0.39 is 17.6 Å². The zero-order valence-corrected chi connectivity index (χ0v) is 24.4. The molecule has 4 aliphatic rings. The molecule has 0 saturated carbocycles. The predicted molar refractivity (Wildman–Crippen MR) is 153 cm³/mol. The highest BCUT2D eigenvalue weighted by atomic mass is 16.6. The quantitative estimate of drug-likeness (QED) is 0.324. The summed E-state index contributed by atoms with van der Waals surface area (Å²) in [7, 11) is 0. The van der Waals surface area contributed by atoms with E-state index in [1.165, 1.54) is 0 Å². The Hall–Kier alpha value is -3.26. The van der Waals surface area contributed by atoms with Crippen LogP contribution in [-0.2, 0) is 25.7 Å². The van der Waals surface area contributed by atoms with Gasteiger partial charge in [-0.05, 0) is 63.8 Å². The minimum Gasteiger partial charge on any atom is -0.459 e. The third kappa shape index (κ3) is 7.34. The second-order valence-electron chi connectivity index (χ2n) is 12.5. The van der Waals surface area contributed by atoms with Crippen molar-refractivity contribution in [1.82, 2.24) is 24.9 Å². The van der Waals surface area contributed by atoms with Crippen LogP contribution in [0, 0.1) is 11.8 Å². The highest BCUT2D eigenvalue weighted by molar-refractivity contribution is 6.05. The normalized spacial score (nSPS) is 23.1. The summed E-state index contributed by atoms with van der Waals surface area (Å²) in [5.74, 6) is 5.56. The van der Waals surface area contributed by atoms with E-state index in [0.29, 0.717) is 37.7 Å². The number of carbonyl (C=O) groups is 4. The van der Waals surface area contributed by atoms with Crippen LogP contribution in [0.5, 0.6) is 0 Å². The van der Waals surface area contributed by atoms with Gasteiger partial charge in [-0.2, -0.15) is 0 Å². The average Bonchev–Trinajstić information content (AvgIpc) is 3.24. The van der Waals surface area contributed by atoms with E-state index in [1.54, 1.807) is 11.0 Å². The van der Waals surface area contributed by atoms with Gasteiger partial charge in [-0.3, -0.25) is 39.2 Å². The fourth-order valence-corrected chi connectivity index (χ4v) is 6.19. The molecule has 1 aromatic carbocycles. The largest absolute Gasteiger partial charge is 0.459 e. The van der Waals surface area contributed by atoms with Crippen LogP contribution in [0.4, 0.5) is 0 Å². The Labute approximate surface area is 242 Å². The smallest absolute Gasteiger partial charge is 0.320 e. The summed E-state index contributed by atoms with van der Waals surface area (Å²) < 4.78 is 5.47. The lowest BCUT2D eigenvalue weighted by molar-refractivity contribution is -0.156. The molecule has 4 heterocycles. The number of hydrogen-bond acceptors (Lipinski definition) is 8. The second-order valence-corrected chi connectivity index (χ2v) is 12.5. The van der Waals surface area contributed by atoms with Crippen LogP contribution in [0.1, 0.15) is 67.9 Å². The number of piperazine rings is 1. The molecule has 0 spiro atoms. The summed E-state index contributed by atoms with van der Waals surface area (Å²) in [5.41, 5.74) is 1.89. The first-order valence-electron chi connectivity index (χ1n) is 14.7. The van der Waals surface area contributed by atoms with Gasteiger partial charge in [0.05, 0.1) is 13.1 Å². The summed E-state index contributed by atoms with van der Waals surface area (Å²) in [4.78, 5) is 57.5. The number of ether oxygens (including phenoxy) is 1. The van der Waals surface area contributed by atoms with Crippen LogP contribution in [0.3, 0.4) is 0 Å². The third-order valence-electron chi connectivity index (χ3n) is 8.31. The fourth-order valence-electron chi connectivity index (χ4n) is 6.19. The van der Waals surface area contributed by atoms with E-state index in [4.69, 9.17) is 4.74 Å². The Morgan fingerprint density at radius 3 is 2.41 bits per heavy atom. The molecule has 41 heavy (non-hydrogen) atoms. The number of rotatable bonds is 5. The van der Waals surface area contributed by atoms with Gasteiger partial charge in [-0.1, -0.05) is 11.8 Å². The molecule has 0 radical (unpaired) electrons. The number of nitrogens with one attached hydrogen (secondary N) is 1. The molecule has 5 rings (SSSR count). The molecule has 1 aromatic rings. The minimum absolute atomic E-state index is 0.145. The van der Waals surface area contributed by atoms with Crippen molar-refractivity contribution >= 4 is 23.7 Å². The Kier molecular flexibility index (Phi) is 8.78. The van der Waals surface area contributed by atoms with Gasteiger partial charge < -0.3 is 9.64 Å². The third-order valence-corrected chi connectivity index (χ3v) is 8.31. The van der Waals surface area contributed by atoms with Crippen LogP contribution in [-0.4, -0.2) is 113 Å². The maximum absolute atomic E-state index is 12.9. The van der Waals surface area contributed by atoms with Crippen molar-refractivity contribution in [1.29, 1.82) is 0 Å². The van der Waals surface area contributed by atoms with Crippen molar-refractivity contribution in [3.8, 4) is 11.8 Å². The maximum Gasteiger partial charge on any atom is 0.320 e. The SMILES string of the molecule is CC(C)(C)OC(=O)CN1CCC(N2CCN(CC#Cc3ccc4c(c3)CN(C3CCC(=O)NC3=O)C4=O)CC2)CC1. The van der Waals surface area contributed by atoms with Crippen LogP contribution < -0.4 is 5.32 Å². The molecular formula is C31H41N5O5. The Morgan fingerprint density at radius 1 is 1.00 bits per heavy atom. The summed E-state index contributed by atoms with van der Waals surface area (Å²) in [6, 6.07) is 5.56. The summed E-state index contributed by atoms with van der Waals surface area (Å²) in [5, 5.41) is 2.34. The number of likely N-dealkylation sites (tertiary alicyclic amines) is 1. The van der Waals surface area contributed by atoms with Crippen molar-refractivity contribution in [2.24, 2.45) is 0 Å². The summed E-state index contributed by atoms with van der Waals surface area (Å²) in [6.45, 7) is 13.0. The molecule has 1 unspecified atom stereocenters. The predicted octanol–water partition coefficient (Wildman–Crippen LogP) is 1.22. The Morgan fingerprint density at radius 2 is 1.73 bits per heavy atom. The highest BCUT2D eigenvalue weighted by Gasteiger charge is 2.39. The lowest BCUT2D eigenvalue weighted by atomic mass is 10.0. The van der Waals surface area contributed by atoms with Crippen LogP contribution in [0.2, 0.25) is 0 Å². The van der Waals surface area contributed by atoms with E-state index in [-0.39, 0.29) is 24.2 Å². The van der Waals surface area contributed by atoms with Gasteiger partial charge in [-0.25, -0.2) is 0 Å². The Balaban J connectivity index is 1.05. The summed E-state index contributed by atoms with van der Waals surface area (Å²) in [6.07, 6.45) is 2.75.